The number of nitrogen functional groups attached to an aromatic ring is 1. The topological polar surface area (TPSA) is 93.2 Å². The van der Waals surface area contributed by atoms with E-state index < -0.39 is 0 Å². The fourth-order valence-corrected chi connectivity index (χ4v) is 2.18. The monoisotopic (exact) mass is 274 g/mol. The van der Waals surface area contributed by atoms with E-state index >= 15 is 0 Å². The van der Waals surface area contributed by atoms with Gasteiger partial charge in [-0.1, -0.05) is 5.16 Å². The molecule has 20 heavy (non-hydrogen) atoms. The number of carbonyl (C=O) groups excluding carboxylic acids is 1. The number of carbonyl (C=O) groups is 1. The molecule has 1 amide bonds. The second kappa shape index (κ2) is 5.75. The van der Waals surface area contributed by atoms with E-state index in [0.29, 0.717) is 5.56 Å². The molecular formula is C14H18N4O2. The molecule has 1 aromatic heterocycles. The van der Waals surface area contributed by atoms with Crippen LogP contribution in [0.15, 0.2) is 28.8 Å². The lowest BCUT2D eigenvalue weighted by atomic mass is 10.1. The van der Waals surface area contributed by atoms with Crippen molar-refractivity contribution >= 4 is 11.6 Å². The van der Waals surface area contributed by atoms with Crippen LogP contribution in [-0.2, 0) is 0 Å². The molecule has 4 N–H and O–H groups in total. The number of anilines is 1. The number of aromatic nitrogens is 1. The number of hydrazine groups is 1. The van der Waals surface area contributed by atoms with E-state index in [1.54, 1.807) is 24.3 Å². The summed E-state index contributed by atoms with van der Waals surface area (Å²) in [5.41, 5.74) is 5.55. The zero-order valence-electron chi connectivity index (χ0n) is 11.7. The van der Waals surface area contributed by atoms with Gasteiger partial charge in [-0.2, -0.15) is 0 Å². The number of nitrogens with zero attached hydrogens (tertiary/aromatic N) is 1. The number of rotatable bonds is 4. The van der Waals surface area contributed by atoms with Gasteiger partial charge in [-0.15, -0.1) is 0 Å². The minimum atomic E-state index is -0.166. The molecule has 0 saturated heterocycles. The molecule has 1 aromatic carbocycles. The normalized spacial score (nSPS) is 12.0. The van der Waals surface area contributed by atoms with Crippen molar-refractivity contribution in [3.05, 3.63) is 46.8 Å². The summed E-state index contributed by atoms with van der Waals surface area (Å²) < 4.78 is 5.11. The van der Waals surface area contributed by atoms with Crippen LogP contribution in [0.5, 0.6) is 0 Å². The van der Waals surface area contributed by atoms with Crippen LogP contribution in [0.25, 0.3) is 0 Å². The Labute approximate surface area is 117 Å². The molecule has 2 rings (SSSR count). The summed E-state index contributed by atoms with van der Waals surface area (Å²) in [6, 6.07) is 6.75. The molecule has 0 aliphatic carbocycles. The van der Waals surface area contributed by atoms with Crippen LogP contribution in [-0.4, -0.2) is 11.1 Å². The van der Waals surface area contributed by atoms with Crippen molar-refractivity contribution in [2.24, 2.45) is 5.84 Å². The van der Waals surface area contributed by atoms with Crippen molar-refractivity contribution in [3.63, 3.8) is 0 Å². The standard InChI is InChI=1S/C14H18N4O2/c1-8(13-9(2)18-20-10(13)3)16-14(19)11-4-6-12(17-15)7-5-11/h4-8,17H,15H2,1-3H3,(H,16,19). The lowest BCUT2D eigenvalue weighted by molar-refractivity contribution is 0.0939. The molecule has 6 nitrogen and oxygen atoms in total. The number of nitrogens with two attached hydrogens (primary N) is 1. The van der Waals surface area contributed by atoms with Gasteiger partial charge in [0, 0.05) is 16.8 Å². The number of benzene rings is 1. The third-order valence-electron chi connectivity index (χ3n) is 3.18. The van der Waals surface area contributed by atoms with Crippen LogP contribution in [0.3, 0.4) is 0 Å². The van der Waals surface area contributed by atoms with Gasteiger partial charge in [0.25, 0.3) is 5.91 Å². The molecule has 0 bridgehead atoms. The summed E-state index contributed by atoms with van der Waals surface area (Å²) in [5, 5.41) is 6.82. The number of hydrogen-bond donors (Lipinski definition) is 3. The SMILES string of the molecule is Cc1noc(C)c1C(C)NC(=O)c1ccc(NN)cc1. The van der Waals surface area contributed by atoms with Crippen LogP contribution in [0.1, 0.15) is 40.3 Å². The van der Waals surface area contributed by atoms with Gasteiger partial charge < -0.3 is 15.3 Å². The third kappa shape index (κ3) is 2.80. The second-order valence-electron chi connectivity index (χ2n) is 4.65. The van der Waals surface area contributed by atoms with Crippen LogP contribution < -0.4 is 16.6 Å². The molecule has 0 saturated carbocycles. The number of amides is 1. The lowest BCUT2D eigenvalue weighted by Crippen LogP contribution is -2.27. The molecule has 0 spiro atoms. The predicted octanol–water partition coefficient (Wildman–Crippen LogP) is 2.07. The highest BCUT2D eigenvalue weighted by molar-refractivity contribution is 5.94. The minimum Gasteiger partial charge on any atom is -0.361 e. The summed E-state index contributed by atoms with van der Waals surface area (Å²) >= 11 is 0. The molecule has 106 valence electrons. The Hall–Kier alpha value is -2.34. The fraction of sp³-hybridized carbons (Fsp3) is 0.286. The fourth-order valence-electron chi connectivity index (χ4n) is 2.18. The highest BCUT2D eigenvalue weighted by atomic mass is 16.5. The molecule has 6 heteroatoms. The van der Waals surface area contributed by atoms with E-state index in [1.165, 1.54) is 0 Å². The largest absolute Gasteiger partial charge is 0.361 e. The highest BCUT2D eigenvalue weighted by Crippen LogP contribution is 2.21. The number of nitrogens with one attached hydrogen (secondary N) is 2. The first kappa shape index (κ1) is 14.1. The summed E-state index contributed by atoms with van der Waals surface area (Å²) in [4.78, 5) is 12.2. The van der Waals surface area contributed by atoms with Crippen LogP contribution in [0.4, 0.5) is 5.69 Å². The van der Waals surface area contributed by atoms with Gasteiger partial charge in [0.1, 0.15) is 5.76 Å². The molecule has 0 aliphatic rings. The maximum absolute atomic E-state index is 12.2. The molecule has 0 aliphatic heterocycles. The average Bonchev–Trinajstić information content (AvgIpc) is 2.78. The predicted molar refractivity (Wildman–Crippen MR) is 76.1 cm³/mol. The van der Waals surface area contributed by atoms with Gasteiger partial charge in [0.2, 0.25) is 0 Å². The molecule has 1 atom stereocenters. The van der Waals surface area contributed by atoms with Crippen molar-refractivity contribution < 1.29 is 9.32 Å². The van der Waals surface area contributed by atoms with E-state index in [0.717, 1.165) is 22.7 Å². The molecule has 0 radical (unpaired) electrons. The van der Waals surface area contributed by atoms with Crippen molar-refractivity contribution in [1.82, 2.24) is 10.5 Å². The van der Waals surface area contributed by atoms with E-state index in [1.807, 2.05) is 20.8 Å². The lowest BCUT2D eigenvalue weighted by Gasteiger charge is -2.14. The van der Waals surface area contributed by atoms with E-state index in [9.17, 15) is 4.79 Å². The maximum Gasteiger partial charge on any atom is 0.251 e. The minimum absolute atomic E-state index is 0.152. The van der Waals surface area contributed by atoms with Crippen LogP contribution in [0, 0.1) is 13.8 Å². The van der Waals surface area contributed by atoms with Crippen molar-refractivity contribution in [3.8, 4) is 0 Å². The Balaban J connectivity index is 2.11. The van der Waals surface area contributed by atoms with Crippen molar-refractivity contribution in [1.29, 1.82) is 0 Å². The Morgan fingerprint density at radius 1 is 1.30 bits per heavy atom. The Morgan fingerprint density at radius 2 is 1.95 bits per heavy atom. The molecule has 1 heterocycles. The highest BCUT2D eigenvalue weighted by Gasteiger charge is 2.18. The number of aryl methyl sites for hydroxylation is 2. The zero-order chi connectivity index (χ0) is 14.7. The molecule has 2 aromatic rings. The smallest absolute Gasteiger partial charge is 0.251 e. The maximum atomic E-state index is 12.2. The number of hydrogen-bond acceptors (Lipinski definition) is 5. The first-order valence-corrected chi connectivity index (χ1v) is 6.33. The van der Waals surface area contributed by atoms with Crippen molar-refractivity contribution in [2.45, 2.75) is 26.8 Å². The Kier molecular flexibility index (Phi) is 4.05. The molecular weight excluding hydrogens is 256 g/mol. The second-order valence-corrected chi connectivity index (χ2v) is 4.65. The average molecular weight is 274 g/mol. The molecule has 0 fully saturated rings. The quantitative estimate of drug-likeness (QED) is 0.586. The van der Waals surface area contributed by atoms with Gasteiger partial charge >= 0.3 is 0 Å². The zero-order valence-corrected chi connectivity index (χ0v) is 11.7. The summed E-state index contributed by atoms with van der Waals surface area (Å²) in [5.74, 6) is 5.85. The summed E-state index contributed by atoms with van der Waals surface area (Å²) in [6.45, 7) is 5.59. The van der Waals surface area contributed by atoms with Gasteiger partial charge in [0.05, 0.1) is 11.7 Å². The third-order valence-corrected chi connectivity index (χ3v) is 3.18. The first-order valence-electron chi connectivity index (χ1n) is 6.33. The van der Waals surface area contributed by atoms with Gasteiger partial charge in [-0.3, -0.25) is 10.6 Å². The Bertz CT molecular complexity index is 585. The van der Waals surface area contributed by atoms with Gasteiger partial charge in [0.15, 0.2) is 0 Å². The van der Waals surface area contributed by atoms with Gasteiger partial charge in [-0.25, -0.2) is 0 Å². The Morgan fingerprint density at radius 3 is 2.45 bits per heavy atom. The van der Waals surface area contributed by atoms with Crippen molar-refractivity contribution in [2.75, 3.05) is 5.43 Å². The van der Waals surface area contributed by atoms with E-state index in [4.69, 9.17) is 10.4 Å². The van der Waals surface area contributed by atoms with Crippen LogP contribution >= 0.6 is 0 Å². The molecule has 1 unspecified atom stereocenters. The first-order chi connectivity index (χ1) is 9.52. The van der Waals surface area contributed by atoms with Gasteiger partial charge in [-0.05, 0) is 45.0 Å². The van der Waals surface area contributed by atoms with E-state index in [2.05, 4.69) is 15.9 Å². The van der Waals surface area contributed by atoms with Crippen LogP contribution in [0.2, 0.25) is 0 Å². The van der Waals surface area contributed by atoms with E-state index in [-0.39, 0.29) is 11.9 Å². The summed E-state index contributed by atoms with van der Waals surface area (Å²) in [6.07, 6.45) is 0. The summed E-state index contributed by atoms with van der Waals surface area (Å²) in [7, 11) is 0.